The molecule has 3 heteroatoms. The van der Waals surface area contributed by atoms with Crippen LogP contribution in [0.1, 0.15) is 55.9 Å². The zero-order chi connectivity index (χ0) is 18.6. The lowest BCUT2D eigenvalue weighted by Gasteiger charge is -2.27. The third-order valence-corrected chi connectivity index (χ3v) is 4.73. The van der Waals surface area contributed by atoms with Gasteiger partial charge in [-0.2, -0.15) is 0 Å². The molecular weight excluding hydrogens is 328 g/mol. The summed E-state index contributed by atoms with van der Waals surface area (Å²) in [4.78, 5) is 13.5. The summed E-state index contributed by atoms with van der Waals surface area (Å²) in [6.45, 7) is 10.6. The Morgan fingerprint density at radius 2 is 1.68 bits per heavy atom. The van der Waals surface area contributed by atoms with Crippen LogP contribution in [-0.4, -0.2) is 17.4 Å². The second-order valence-corrected chi connectivity index (χ2v) is 7.64. The van der Waals surface area contributed by atoms with Gasteiger partial charge in [-0.05, 0) is 41.5 Å². The van der Waals surface area contributed by atoms with Crippen LogP contribution in [0.3, 0.4) is 0 Å². The normalized spacial score (nSPS) is 12.5. The van der Waals surface area contributed by atoms with E-state index in [0.29, 0.717) is 11.5 Å². The van der Waals surface area contributed by atoms with E-state index in [9.17, 15) is 4.79 Å². The fraction of sp³-hybridized carbons (Fsp3) is 0.364. The van der Waals surface area contributed by atoms with Gasteiger partial charge in [-0.25, -0.2) is 0 Å². The molecule has 0 bridgehead atoms. The Bertz CT molecular complexity index is 772. The van der Waals surface area contributed by atoms with Crippen LogP contribution in [0.2, 0.25) is 0 Å². The highest BCUT2D eigenvalue weighted by Crippen LogP contribution is 2.34. The highest BCUT2D eigenvalue weighted by molar-refractivity contribution is 7.81. The monoisotopic (exact) mass is 354 g/mol. The maximum absolute atomic E-state index is 12.8. The molecule has 2 aromatic carbocycles. The smallest absolute Gasteiger partial charge is 0.318 e. The lowest BCUT2D eigenvalue weighted by Crippen LogP contribution is -2.27. The number of aryl methyl sites for hydroxylation is 1. The predicted octanol–water partition coefficient (Wildman–Crippen LogP) is 5.36. The Balaban J connectivity index is 2.62. The maximum atomic E-state index is 12.8. The van der Waals surface area contributed by atoms with Crippen molar-refractivity contribution in [2.75, 3.05) is 6.61 Å². The first-order chi connectivity index (χ1) is 11.8. The highest BCUT2D eigenvalue weighted by atomic mass is 32.1. The zero-order valence-electron chi connectivity index (χ0n) is 15.6. The van der Waals surface area contributed by atoms with Crippen LogP contribution in [0.25, 0.3) is 0 Å². The molecule has 0 radical (unpaired) electrons. The first kappa shape index (κ1) is 19.3. The van der Waals surface area contributed by atoms with Crippen LogP contribution in [0.4, 0.5) is 0 Å². The van der Waals surface area contributed by atoms with Gasteiger partial charge in [0.05, 0.1) is 6.61 Å². The van der Waals surface area contributed by atoms with E-state index in [4.69, 9.17) is 17.0 Å². The SMILES string of the molecule is CCOC(=O)C(C(=S)c1ccccc1C)c1ccccc1C(C)(C)C. The molecule has 0 N–H and O–H groups in total. The fourth-order valence-corrected chi connectivity index (χ4v) is 3.49. The first-order valence-electron chi connectivity index (χ1n) is 8.63. The van der Waals surface area contributed by atoms with Gasteiger partial charge in [0, 0.05) is 4.86 Å². The van der Waals surface area contributed by atoms with Crippen LogP contribution < -0.4 is 0 Å². The Labute approximate surface area is 156 Å². The van der Waals surface area contributed by atoms with E-state index in [1.807, 2.05) is 56.3 Å². The molecule has 0 aliphatic rings. The molecule has 0 amide bonds. The minimum absolute atomic E-state index is 0.0946. The number of hydrogen-bond acceptors (Lipinski definition) is 3. The summed E-state index contributed by atoms with van der Waals surface area (Å²) in [5.74, 6) is -0.862. The van der Waals surface area contributed by atoms with Gasteiger partial charge in [0.2, 0.25) is 0 Å². The number of ether oxygens (including phenoxy) is 1. The first-order valence-corrected chi connectivity index (χ1v) is 9.04. The fourth-order valence-electron chi connectivity index (χ4n) is 3.04. The quantitative estimate of drug-likeness (QED) is 0.411. The zero-order valence-corrected chi connectivity index (χ0v) is 16.4. The van der Waals surface area contributed by atoms with Gasteiger partial charge in [-0.15, -0.1) is 0 Å². The summed E-state index contributed by atoms with van der Waals surface area (Å²) < 4.78 is 5.38. The number of carbonyl (C=O) groups is 1. The molecule has 2 nitrogen and oxygen atoms in total. The second-order valence-electron chi connectivity index (χ2n) is 7.20. The van der Waals surface area contributed by atoms with Crippen molar-refractivity contribution in [3.05, 3.63) is 70.8 Å². The summed E-state index contributed by atoms with van der Waals surface area (Å²) in [5.41, 5.74) is 3.95. The number of rotatable bonds is 5. The minimum atomic E-state index is -0.577. The van der Waals surface area contributed by atoms with Crippen molar-refractivity contribution in [2.45, 2.75) is 46.0 Å². The predicted molar refractivity (Wildman–Crippen MR) is 107 cm³/mol. The standard InChI is InChI=1S/C22H26O2S/c1-6-24-21(23)19(20(25)16-12-8-7-11-15(16)2)17-13-9-10-14-18(17)22(3,4)5/h7-14,19H,6H2,1-5H3. The summed E-state index contributed by atoms with van der Waals surface area (Å²) in [7, 11) is 0. The molecular formula is C22H26O2S. The number of carbonyl (C=O) groups excluding carboxylic acids is 1. The van der Waals surface area contributed by atoms with Crippen LogP contribution >= 0.6 is 12.2 Å². The average Bonchev–Trinajstić information content (AvgIpc) is 2.55. The van der Waals surface area contributed by atoms with E-state index in [1.165, 1.54) is 0 Å². The molecule has 1 atom stereocenters. The molecule has 0 saturated heterocycles. The number of thiocarbonyl (C=S) groups is 1. The van der Waals surface area contributed by atoms with E-state index in [2.05, 4.69) is 26.8 Å². The van der Waals surface area contributed by atoms with Crippen molar-refractivity contribution in [3.63, 3.8) is 0 Å². The van der Waals surface area contributed by atoms with E-state index in [1.54, 1.807) is 0 Å². The van der Waals surface area contributed by atoms with Crippen LogP contribution in [0, 0.1) is 6.92 Å². The van der Waals surface area contributed by atoms with Crippen molar-refractivity contribution in [1.29, 1.82) is 0 Å². The van der Waals surface area contributed by atoms with E-state index < -0.39 is 5.92 Å². The van der Waals surface area contributed by atoms with Crippen LogP contribution in [0.5, 0.6) is 0 Å². The van der Waals surface area contributed by atoms with Gasteiger partial charge in [0.25, 0.3) is 0 Å². The Hall–Kier alpha value is -2.00. The summed E-state index contributed by atoms with van der Waals surface area (Å²) in [6, 6.07) is 15.9. The maximum Gasteiger partial charge on any atom is 0.318 e. The molecule has 0 heterocycles. The van der Waals surface area contributed by atoms with Crippen LogP contribution in [0.15, 0.2) is 48.5 Å². The molecule has 0 aromatic heterocycles. The Morgan fingerprint density at radius 1 is 1.08 bits per heavy atom. The number of esters is 1. The molecule has 132 valence electrons. The third kappa shape index (κ3) is 4.35. The molecule has 0 spiro atoms. The molecule has 2 aromatic rings. The topological polar surface area (TPSA) is 26.3 Å². The van der Waals surface area contributed by atoms with Gasteiger partial charge in [0.1, 0.15) is 5.92 Å². The molecule has 2 rings (SSSR count). The second kappa shape index (κ2) is 7.92. The van der Waals surface area contributed by atoms with Gasteiger partial charge in [-0.3, -0.25) is 4.79 Å². The van der Waals surface area contributed by atoms with Crippen molar-refractivity contribution in [1.82, 2.24) is 0 Å². The Kier molecular flexibility index (Phi) is 6.12. The third-order valence-electron chi connectivity index (χ3n) is 4.27. The molecule has 0 aliphatic carbocycles. The average molecular weight is 355 g/mol. The van der Waals surface area contributed by atoms with Gasteiger partial charge >= 0.3 is 5.97 Å². The van der Waals surface area contributed by atoms with Crippen molar-refractivity contribution in [2.24, 2.45) is 0 Å². The largest absolute Gasteiger partial charge is 0.465 e. The highest BCUT2D eigenvalue weighted by Gasteiger charge is 2.32. The number of hydrogen-bond donors (Lipinski definition) is 0. The van der Waals surface area contributed by atoms with Gasteiger partial charge in [0.15, 0.2) is 0 Å². The molecule has 0 fully saturated rings. The van der Waals surface area contributed by atoms with E-state index in [-0.39, 0.29) is 11.4 Å². The van der Waals surface area contributed by atoms with Gasteiger partial charge < -0.3 is 4.74 Å². The number of benzene rings is 2. The van der Waals surface area contributed by atoms with Crippen molar-refractivity contribution >= 4 is 23.1 Å². The Morgan fingerprint density at radius 3 is 2.28 bits per heavy atom. The molecule has 0 saturated carbocycles. The lowest BCUT2D eigenvalue weighted by atomic mass is 9.78. The van der Waals surface area contributed by atoms with Gasteiger partial charge in [-0.1, -0.05) is 81.5 Å². The van der Waals surface area contributed by atoms with E-state index >= 15 is 0 Å². The molecule has 0 aliphatic heterocycles. The van der Waals surface area contributed by atoms with E-state index in [0.717, 1.165) is 22.3 Å². The molecule has 1 unspecified atom stereocenters. The van der Waals surface area contributed by atoms with Crippen LogP contribution in [-0.2, 0) is 14.9 Å². The lowest BCUT2D eigenvalue weighted by molar-refractivity contribution is -0.143. The summed E-state index contributed by atoms with van der Waals surface area (Å²) in [5, 5.41) is 0. The molecule has 25 heavy (non-hydrogen) atoms. The minimum Gasteiger partial charge on any atom is -0.465 e. The van der Waals surface area contributed by atoms with Crippen molar-refractivity contribution < 1.29 is 9.53 Å². The summed E-state index contributed by atoms with van der Waals surface area (Å²) in [6.07, 6.45) is 0. The summed E-state index contributed by atoms with van der Waals surface area (Å²) >= 11 is 5.78. The van der Waals surface area contributed by atoms with Crippen molar-refractivity contribution in [3.8, 4) is 0 Å².